The maximum absolute atomic E-state index is 13.2. The Morgan fingerprint density at radius 3 is 1.83 bits per heavy atom. The van der Waals surface area contributed by atoms with Crippen molar-refractivity contribution in [2.75, 3.05) is 7.11 Å². The number of ketones is 2. The second kappa shape index (κ2) is 17.2. The topological polar surface area (TPSA) is 151 Å². The lowest BCUT2D eigenvalue weighted by atomic mass is 9.93. The molecule has 0 fully saturated rings. The third kappa shape index (κ3) is 15.4. The Hall–Kier alpha value is -2.26. The normalized spacial score (nSPS) is 13.9. The molecule has 0 aromatic rings. The molecule has 0 aromatic heterocycles. The highest BCUT2D eigenvalue weighted by molar-refractivity contribution is 6.08. The number of nitrogens with two attached hydrogens (primary N) is 2. The summed E-state index contributed by atoms with van der Waals surface area (Å²) < 4.78 is 10.0. The number of nitrogens with one attached hydrogen (secondary N) is 1. The molecule has 0 saturated carbocycles. The van der Waals surface area contributed by atoms with Crippen LogP contribution in [0.1, 0.15) is 105 Å². The fourth-order valence-electron chi connectivity index (χ4n) is 3.52. The van der Waals surface area contributed by atoms with Gasteiger partial charge in [0.05, 0.1) is 7.11 Å². The Bertz CT molecular complexity index is 727. The number of rotatable bonds is 17. The van der Waals surface area contributed by atoms with Crippen LogP contribution in [0.15, 0.2) is 11.3 Å². The minimum atomic E-state index is -0.946. The third-order valence-corrected chi connectivity index (χ3v) is 5.32. The van der Waals surface area contributed by atoms with Crippen molar-refractivity contribution in [3.05, 3.63) is 11.3 Å². The number of hydrogen-bond donors (Lipinski definition) is 3. The van der Waals surface area contributed by atoms with E-state index in [1.807, 2.05) is 0 Å². The van der Waals surface area contributed by atoms with Crippen LogP contribution in [0.2, 0.25) is 0 Å². The molecule has 0 heterocycles. The van der Waals surface area contributed by atoms with Gasteiger partial charge in [-0.25, -0.2) is 9.59 Å². The molecule has 2 atom stereocenters. The predicted octanol–water partition coefficient (Wildman–Crippen LogP) is 4.06. The van der Waals surface area contributed by atoms with Crippen molar-refractivity contribution in [2.24, 2.45) is 11.5 Å². The Balaban J connectivity index is 5.88. The lowest BCUT2D eigenvalue weighted by Gasteiger charge is -2.21. The molecule has 0 aliphatic carbocycles. The molecule has 9 nitrogen and oxygen atoms in total. The number of Topliss-reactive ketones (excluding diaryl/α,β-unsaturated/α-hetero) is 2. The molecule has 0 spiro atoms. The van der Waals surface area contributed by atoms with Gasteiger partial charge in [-0.2, -0.15) is 0 Å². The van der Waals surface area contributed by atoms with Gasteiger partial charge >= 0.3 is 12.1 Å². The molecule has 0 radical (unpaired) electrons. The molecule has 9 heteroatoms. The van der Waals surface area contributed by atoms with Gasteiger partial charge in [-0.05, 0) is 33.6 Å². The van der Waals surface area contributed by atoms with Crippen LogP contribution in [-0.4, -0.2) is 48.4 Å². The second-order valence-electron chi connectivity index (χ2n) is 10.0. The maximum atomic E-state index is 13.2. The summed E-state index contributed by atoms with van der Waals surface area (Å²) in [6, 6.07) is -0.780. The first-order valence-corrected chi connectivity index (χ1v) is 12.7. The fourth-order valence-corrected chi connectivity index (χ4v) is 3.52. The monoisotopic (exact) mass is 497 g/mol. The minimum Gasteiger partial charge on any atom is -0.464 e. The summed E-state index contributed by atoms with van der Waals surface area (Å²) in [5, 5.41) is 2.33. The smallest absolute Gasteiger partial charge is 0.412 e. The number of unbranched alkanes of at least 4 members (excludes halogenated alkanes) is 4. The van der Waals surface area contributed by atoms with E-state index in [0.29, 0.717) is 12.8 Å². The maximum Gasteiger partial charge on any atom is 0.412 e. The van der Waals surface area contributed by atoms with Crippen LogP contribution in [0.4, 0.5) is 4.79 Å². The Morgan fingerprint density at radius 2 is 1.37 bits per heavy atom. The molecule has 0 unspecified atom stereocenters. The number of alkyl carbamates (subject to hydrolysis) is 1. The molecule has 35 heavy (non-hydrogen) atoms. The van der Waals surface area contributed by atoms with E-state index in [1.165, 1.54) is 0 Å². The summed E-state index contributed by atoms with van der Waals surface area (Å²) in [7, 11) is 1.13. The number of carbonyl (C=O) groups excluding carboxylic acids is 4. The molecule has 5 N–H and O–H groups in total. The van der Waals surface area contributed by atoms with E-state index in [9.17, 15) is 19.2 Å². The number of carbonyl (C=O) groups is 4. The summed E-state index contributed by atoms with van der Waals surface area (Å²) in [4.78, 5) is 51.0. The van der Waals surface area contributed by atoms with Gasteiger partial charge in [0.25, 0.3) is 0 Å². The van der Waals surface area contributed by atoms with Gasteiger partial charge in [0.1, 0.15) is 17.1 Å². The Kier molecular flexibility index (Phi) is 16.1. The number of hydrogen-bond acceptors (Lipinski definition) is 8. The molecule has 0 aliphatic heterocycles. The summed E-state index contributed by atoms with van der Waals surface area (Å²) in [6.07, 6.45) is 5.88. The zero-order valence-electron chi connectivity index (χ0n) is 22.5. The molecular weight excluding hydrogens is 450 g/mol. The molecule has 0 saturated heterocycles. The average molecular weight is 498 g/mol. The molecule has 0 bridgehead atoms. The van der Waals surface area contributed by atoms with E-state index in [2.05, 4.69) is 19.2 Å². The molecule has 0 aromatic carbocycles. The molecular formula is C26H47N3O6. The van der Waals surface area contributed by atoms with Gasteiger partial charge in [-0.15, -0.1) is 0 Å². The number of ether oxygens (including phenoxy) is 2. The van der Waals surface area contributed by atoms with Crippen molar-refractivity contribution in [3.8, 4) is 0 Å². The van der Waals surface area contributed by atoms with Crippen LogP contribution in [-0.2, 0) is 23.9 Å². The number of methoxy groups -OCH3 is 1. The Morgan fingerprint density at radius 1 is 0.857 bits per heavy atom. The van der Waals surface area contributed by atoms with Crippen LogP contribution >= 0.6 is 0 Å². The summed E-state index contributed by atoms with van der Waals surface area (Å²) in [6.45, 7) is 9.15. The summed E-state index contributed by atoms with van der Waals surface area (Å²) in [5.74, 6) is -1.73. The third-order valence-electron chi connectivity index (χ3n) is 5.32. The first-order valence-electron chi connectivity index (χ1n) is 12.7. The van der Waals surface area contributed by atoms with Gasteiger partial charge < -0.3 is 20.9 Å². The lowest BCUT2D eigenvalue weighted by molar-refractivity contribution is -0.137. The Labute approximate surface area is 210 Å². The van der Waals surface area contributed by atoms with Crippen molar-refractivity contribution < 1.29 is 28.7 Å². The SMILES string of the molecule is CCCCC[C@H](N)CC(=O)CC(C(=O)C[C@@H](N)CCCCC)=C(NC(=O)OC(C)(C)C)C(=O)OC. The van der Waals surface area contributed by atoms with Crippen molar-refractivity contribution in [1.82, 2.24) is 5.32 Å². The summed E-state index contributed by atoms with van der Waals surface area (Å²) in [5.41, 5.74) is 10.9. The quantitative estimate of drug-likeness (QED) is 0.155. The zero-order valence-corrected chi connectivity index (χ0v) is 22.5. The number of amides is 1. The van der Waals surface area contributed by atoms with Crippen molar-refractivity contribution >= 4 is 23.6 Å². The standard InChI is InChI=1S/C26H47N3O6/c1-7-9-11-13-18(27)15-20(30)17-21(22(31)16-19(28)14-12-10-8-2)23(24(32)34-6)29-25(33)35-26(3,4)5/h18-19H,7-17,27-28H2,1-6H3,(H,29,33)/t18-,19-/m0/s1. The second-order valence-corrected chi connectivity index (χ2v) is 10.0. The van der Waals surface area contributed by atoms with E-state index >= 15 is 0 Å². The van der Waals surface area contributed by atoms with E-state index in [0.717, 1.165) is 45.6 Å². The zero-order chi connectivity index (χ0) is 27.0. The molecule has 202 valence electrons. The average Bonchev–Trinajstić information content (AvgIpc) is 2.74. The number of esters is 1. The first-order chi connectivity index (χ1) is 16.3. The van der Waals surface area contributed by atoms with Crippen LogP contribution < -0.4 is 16.8 Å². The highest BCUT2D eigenvalue weighted by Gasteiger charge is 2.28. The molecule has 1 amide bonds. The van der Waals surface area contributed by atoms with Crippen LogP contribution in [0.3, 0.4) is 0 Å². The molecule has 0 aliphatic rings. The van der Waals surface area contributed by atoms with Crippen LogP contribution in [0.5, 0.6) is 0 Å². The van der Waals surface area contributed by atoms with Gasteiger partial charge in [0.2, 0.25) is 0 Å². The minimum absolute atomic E-state index is 0.0595. The van der Waals surface area contributed by atoms with Crippen molar-refractivity contribution in [3.63, 3.8) is 0 Å². The first kappa shape index (κ1) is 32.7. The largest absolute Gasteiger partial charge is 0.464 e. The predicted molar refractivity (Wildman–Crippen MR) is 137 cm³/mol. The van der Waals surface area contributed by atoms with E-state index < -0.39 is 35.2 Å². The van der Waals surface area contributed by atoms with Crippen LogP contribution in [0.25, 0.3) is 0 Å². The van der Waals surface area contributed by atoms with Crippen molar-refractivity contribution in [1.29, 1.82) is 0 Å². The fraction of sp³-hybridized carbons (Fsp3) is 0.769. The van der Waals surface area contributed by atoms with Gasteiger partial charge in [0, 0.05) is 36.9 Å². The van der Waals surface area contributed by atoms with E-state index in [-0.39, 0.29) is 36.7 Å². The van der Waals surface area contributed by atoms with Gasteiger partial charge in [-0.3, -0.25) is 14.9 Å². The van der Waals surface area contributed by atoms with Crippen molar-refractivity contribution in [2.45, 2.75) is 123 Å². The van der Waals surface area contributed by atoms with Gasteiger partial charge in [-0.1, -0.05) is 52.4 Å². The molecule has 0 rings (SSSR count). The highest BCUT2D eigenvalue weighted by atomic mass is 16.6. The van der Waals surface area contributed by atoms with E-state index in [4.69, 9.17) is 20.9 Å². The summed E-state index contributed by atoms with van der Waals surface area (Å²) >= 11 is 0. The van der Waals surface area contributed by atoms with Crippen LogP contribution in [0, 0.1) is 0 Å². The van der Waals surface area contributed by atoms with E-state index in [1.54, 1.807) is 20.8 Å². The number of allylic oxidation sites excluding steroid dienone is 1. The highest BCUT2D eigenvalue weighted by Crippen LogP contribution is 2.19. The van der Waals surface area contributed by atoms with Gasteiger partial charge in [0.15, 0.2) is 5.78 Å². The lowest BCUT2D eigenvalue weighted by Crippen LogP contribution is -2.37.